The van der Waals surface area contributed by atoms with Gasteiger partial charge < -0.3 is 4.90 Å². The maximum atomic E-state index is 12.1. The van der Waals surface area contributed by atoms with Crippen LogP contribution in [0.1, 0.15) is 12.8 Å². The molecule has 1 N–H and O–H groups in total. The lowest BCUT2D eigenvalue weighted by molar-refractivity contribution is -0.886. The third-order valence-corrected chi connectivity index (χ3v) is 2.30. The van der Waals surface area contributed by atoms with Crippen LogP contribution in [0.5, 0.6) is 0 Å². The average Bonchev–Trinajstić information content (AvgIpc) is 1.86. The molecule has 0 unspecified atom stereocenters. The number of alkyl halides is 3. The first-order valence-corrected chi connectivity index (χ1v) is 3.88. The van der Waals surface area contributed by atoms with Crippen molar-refractivity contribution >= 4 is 0 Å². The van der Waals surface area contributed by atoms with Gasteiger partial charge in [-0.3, -0.25) is 0 Å². The van der Waals surface area contributed by atoms with Crippen molar-refractivity contribution in [3.8, 4) is 0 Å². The van der Waals surface area contributed by atoms with E-state index in [0.717, 1.165) is 0 Å². The van der Waals surface area contributed by atoms with Gasteiger partial charge in [0.15, 0.2) is 0 Å². The molecule has 1 aliphatic rings. The minimum absolute atomic E-state index is 0.301. The first-order chi connectivity index (χ1) is 5.00. The first-order valence-electron chi connectivity index (χ1n) is 3.88. The third kappa shape index (κ3) is 2.36. The number of quaternary nitrogens is 1. The molecule has 1 heterocycles. The van der Waals surface area contributed by atoms with Crippen molar-refractivity contribution in [1.29, 1.82) is 0 Å². The fraction of sp³-hybridized carbons (Fsp3) is 1.00. The van der Waals surface area contributed by atoms with Gasteiger partial charge in [0.05, 0.1) is 26.1 Å². The molecule has 0 aromatic carbocycles. The highest BCUT2D eigenvalue weighted by atomic mass is 19.4. The van der Waals surface area contributed by atoms with Crippen LogP contribution in [0.4, 0.5) is 13.2 Å². The highest BCUT2D eigenvalue weighted by Gasteiger charge is 2.41. The molecule has 0 aromatic heterocycles. The molecule has 0 radical (unpaired) electrons. The summed E-state index contributed by atoms with van der Waals surface area (Å²) < 4.78 is 36.2. The number of rotatable bonds is 0. The van der Waals surface area contributed by atoms with Gasteiger partial charge in [0.2, 0.25) is 0 Å². The second-order valence-electron chi connectivity index (χ2n) is 3.27. The molecule has 0 saturated carbocycles. The van der Waals surface area contributed by atoms with Gasteiger partial charge in [-0.15, -0.1) is 0 Å². The topological polar surface area (TPSA) is 4.44 Å². The minimum Gasteiger partial charge on any atom is -0.337 e. The van der Waals surface area contributed by atoms with E-state index in [9.17, 15) is 13.2 Å². The minimum atomic E-state index is -3.96. The second-order valence-corrected chi connectivity index (χ2v) is 3.27. The van der Waals surface area contributed by atoms with Gasteiger partial charge in [-0.1, -0.05) is 0 Å². The Balaban J connectivity index is 2.39. The molecule has 1 aliphatic heterocycles. The van der Waals surface area contributed by atoms with Crippen LogP contribution in [0.25, 0.3) is 0 Å². The zero-order valence-electron chi connectivity index (χ0n) is 6.54. The number of halogens is 3. The molecular weight excluding hydrogens is 155 g/mol. The molecule has 1 rings (SSSR count). The van der Waals surface area contributed by atoms with Gasteiger partial charge >= 0.3 is 6.18 Å². The van der Waals surface area contributed by atoms with E-state index in [0.29, 0.717) is 25.9 Å². The highest BCUT2D eigenvalue weighted by molar-refractivity contribution is 4.69. The Labute approximate surface area is 64.2 Å². The summed E-state index contributed by atoms with van der Waals surface area (Å²) in [5, 5.41) is 0. The van der Waals surface area contributed by atoms with Crippen LogP contribution in [-0.2, 0) is 0 Å². The Morgan fingerprint density at radius 1 is 1.18 bits per heavy atom. The van der Waals surface area contributed by atoms with E-state index in [1.54, 1.807) is 0 Å². The second kappa shape index (κ2) is 3.01. The van der Waals surface area contributed by atoms with Crippen LogP contribution in [0.2, 0.25) is 0 Å². The zero-order valence-corrected chi connectivity index (χ0v) is 6.54. The average molecular weight is 168 g/mol. The van der Waals surface area contributed by atoms with Crippen molar-refractivity contribution < 1.29 is 18.1 Å². The Morgan fingerprint density at radius 3 is 2.00 bits per heavy atom. The highest BCUT2D eigenvalue weighted by Crippen LogP contribution is 2.31. The Hall–Kier alpha value is -0.250. The number of hydrogen-bond donors (Lipinski definition) is 1. The van der Waals surface area contributed by atoms with Gasteiger partial charge in [-0.2, -0.15) is 13.2 Å². The normalized spacial score (nSPS) is 33.8. The molecule has 1 saturated heterocycles. The molecule has 0 amide bonds. The first kappa shape index (κ1) is 8.84. The van der Waals surface area contributed by atoms with Crippen LogP contribution >= 0.6 is 0 Å². The number of likely N-dealkylation sites (tertiary alicyclic amines) is 1. The molecule has 1 fully saturated rings. The molecule has 11 heavy (non-hydrogen) atoms. The number of nitrogens with one attached hydrogen (secondary N) is 1. The molecule has 0 atom stereocenters. The predicted octanol–water partition coefficient (Wildman–Crippen LogP) is 0.473. The van der Waals surface area contributed by atoms with Crippen molar-refractivity contribution in [3.05, 3.63) is 0 Å². The van der Waals surface area contributed by atoms with Crippen molar-refractivity contribution in [2.45, 2.75) is 19.0 Å². The fourth-order valence-corrected chi connectivity index (χ4v) is 1.44. The van der Waals surface area contributed by atoms with E-state index in [1.165, 1.54) is 4.90 Å². The fourth-order valence-electron chi connectivity index (χ4n) is 1.44. The molecule has 1 nitrogen and oxygen atoms in total. The zero-order chi connectivity index (χ0) is 8.48. The summed E-state index contributed by atoms with van der Waals surface area (Å²) in [5.41, 5.74) is 0. The van der Waals surface area contributed by atoms with Gasteiger partial charge in [0, 0.05) is 12.8 Å². The van der Waals surface area contributed by atoms with Crippen LogP contribution in [0.3, 0.4) is 0 Å². The molecule has 66 valence electrons. The quantitative estimate of drug-likeness (QED) is 0.536. The Bertz CT molecular complexity index is 124. The summed E-state index contributed by atoms with van der Waals surface area (Å²) in [6.07, 6.45) is -3.36. The summed E-state index contributed by atoms with van der Waals surface area (Å²) in [6.45, 7) is 1.31. The van der Waals surface area contributed by atoms with Gasteiger partial charge in [0.25, 0.3) is 0 Å². The summed E-state index contributed by atoms with van der Waals surface area (Å²) >= 11 is 0. The molecule has 0 aromatic rings. The molecular formula is C7H13F3N+. The van der Waals surface area contributed by atoms with Crippen molar-refractivity contribution in [2.24, 2.45) is 5.92 Å². The van der Waals surface area contributed by atoms with E-state index in [1.807, 2.05) is 7.05 Å². The summed E-state index contributed by atoms with van der Waals surface area (Å²) in [7, 11) is 1.94. The van der Waals surface area contributed by atoms with Crippen LogP contribution in [0.15, 0.2) is 0 Å². The van der Waals surface area contributed by atoms with Gasteiger partial charge in [-0.25, -0.2) is 0 Å². The van der Waals surface area contributed by atoms with Crippen LogP contribution < -0.4 is 4.90 Å². The lowest BCUT2D eigenvalue weighted by Crippen LogP contribution is -3.10. The summed E-state index contributed by atoms with van der Waals surface area (Å²) in [5.74, 6) is -1.04. The van der Waals surface area contributed by atoms with Crippen molar-refractivity contribution in [1.82, 2.24) is 0 Å². The summed E-state index contributed by atoms with van der Waals surface area (Å²) in [4.78, 5) is 1.21. The lowest BCUT2D eigenvalue weighted by Gasteiger charge is -2.27. The molecule has 0 spiro atoms. The van der Waals surface area contributed by atoms with Crippen LogP contribution in [-0.4, -0.2) is 26.3 Å². The summed E-state index contributed by atoms with van der Waals surface area (Å²) in [6, 6.07) is 0. The van der Waals surface area contributed by atoms with Crippen LogP contribution in [0, 0.1) is 5.92 Å². The molecule has 0 bridgehead atoms. The third-order valence-electron chi connectivity index (χ3n) is 2.30. The van der Waals surface area contributed by atoms with E-state index < -0.39 is 12.1 Å². The lowest BCUT2D eigenvalue weighted by atomic mass is 9.97. The van der Waals surface area contributed by atoms with Gasteiger partial charge in [-0.05, 0) is 0 Å². The number of piperidine rings is 1. The predicted molar refractivity (Wildman–Crippen MR) is 35.4 cm³/mol. The molecule has 4 heteroatoms. The maximum Gasteiger partial charge on any atom is 0.392 e. The maximum absolute atomic E-state index is 12.1. The SMILES string of the molecule is C[NH+]1CCC(C(F)(F)F)CC1. The van der Waals surface area contributed by atoms with E-state index >= 15 is 0 Å². The smallest absolute Gasteiger partial charge is 0.337 e. The van der Waals surface area contributed by atoms with Crippen molar-refractivity contribution in [3.63, 3.8) is 0 Å². The van der Waals surface area contributed by atoms with E-state index in [4.69, 9.17) is 0 Å². The monoisotopic (exact) mass is 168 g/mol. The Kier molecular flexibility index (Phi) is 2.42. The van der Waals surface area contributed by atoms with Gasteiger partial charge in [0.1, 0.15) is 0 Å². The van der Waals surface area contributed by atoms with E-state index in [2.05, 4.69) is 0 Å². The Morgan fingerprint density at radius 2 is 1.64 bits per heavy atom. The molecule has 0 aliphatic carbocycles. The largest absolute Gasteiger partial charge is 0.392 e. The van der Waals surface area contributed by atoms with Crippen molar-refractivity contribution in [2.75, 3.05) is 20.1 Å². The number of hydrogen-bond acceptors (Lipinski definition) is 0. The standard InChI is InChI=1S/C7H12F3N/c1-11-4-2-6(3-5-11)7(8,9)10/h6H,2-5H2,1H3/p+1. The van der Waals surface area contributed by atoms with E-state index in [-0.39, 0.29) is 0 Å².